The molecule has 2 N–H and O–H groups in total. The number of anilines is 1. The van der Waals surface area contributed by atoms with Gasteiger partial charge in [-0.25, -0.2) is 4.39 Å². The van der Waals surface area contributed by atoms with Gasteiger partial charge >= 0.3 is 0 Å². The highest BCUT2D eigenvalue weighted by molar-refractivity contribution is 6.02. The summed E-state index contributed by atoms with van der Waals surface area (Å²) in [4.78, 5) is 26.0. The lowest BCUT2D eigenvalue weighted by Crippen LogP contribution is -2.39. The number of halogens is 1. The van der Waals surface area contributed by atoms with Crippen LogP contribution in [-0.2, 0) is 11.2 Å². The van der Waals surface area contributed by atoms with E-state index in [4.69, 9.17) is 0 Å². The largest absolute Gasteiger partial charge is 0.507 e. The lowest BCUT2D eigenvalue weighted by Gasteiger charge is -2.35. The summed E-state index contributed by atoms with van der Waals surface area (Å²) in [6.45, 7) is 5.67. The average Bonchev–Trinajstić information content (AvgIpc) is 2.63. The Morgan fingerprint density at radius 2 is 2.08 bits per heavy atom. The second-order valence-corrected chi connectivity index (χ2v) is 6.19. The lowest BCUT2D eigenvalue weighted by atomic mass is 9.92. The smallest absolute Gasteiger partial charge is 0.258 e. The number of carbonyl (C=O) groups is 2. The quantitative estimate of drug-likeness (QED) is 0.655. The molecule has 1 atom stereocenters. The van der Waals surface area contributed by atoms with Crippen LogP contribution < -0.4 is 5.32 Å². The minimum atomic E-state index is -0.412. The zero-order chi connectivity index (χ0) is 18.8. The summed E-state index contributed by atoms with van der Waals surface area (Å²) >= 11 is 0. The topological polar surface area (TPSA) is 69.6 Å². The minimum Gasteiger partial charge on any atom is -0.507 e. The zero-order valence-electron chi connectivity index (χ0n) is 14.3. The molecular formula is C20H19FN2O3. The van der Waals surface area contributed by atoms with Crippen molar-refractivity contribution in [2.75, 3.05) is 11.9 Å². The van der Waals surface area contributed by atoms with Gasteiger partial charge in [0.25, 0.3) is 5.91 Å². The lowest BCUT2D eigenvalue weighted by molar-refractivity contribution is -0.111. The van der Waals surface area contributed by atoms with Gasteiger partial charge in [0.1, 0.15) is 11.6 Å². The van der Waals surface area contributed by atoms with Gasteiger partial charge in [-0.3, -0.25) is 9.59 Å². The molecule has 2 aromatic carbocycles. The van der Waals surface area contributed by atoms with Crippen molar-refractivity contribution in [2.24, 2.45) is 0 Å². The van der Waals surface area contributed by atoms with E-state index in [-0.39, 0.29) is 29.1 Å². The highest BCUT2D eigenvalue weighted by Crippen LogP contribution is 2.33. The van der Waals surface area contributed by atoms with Gasteiger partial charge in [0.2, 0.25) is 5.91 Å². The number of nitrogens with one attached hydrogen (secondary N) is 1. The van der Waals surface area contributed by atoms with Crippen LogP contribution in [-0.4, -0.2) is 28.4 Å². The maximum absolute atomic E-state index is 13.6. The van der Waals surface area contributed by atoms with Crippen LogP contribution in [0.4, 0.5) is 10.1 Å². The number of rotatable bonds is 3. The molecule has 1 unspecified atom stereocenters. The van der Waals surface area contributed by atoms with Crippen molar-refractivity contribution in [1.82, 2.24) is 4.90 Å². The van der Waals surface area contributed by atoms with E-state index in [9.17, 15) is 19.1 Å². The average molecular weight is 354 g/mol. The maximum Gasteiger partial charge on any atom is 0.258 e. The molecule has 1 heterocycles. The monoisotopic (exact) mass is 354 g/mol. The Balaban J connectivity index is 1.91. The summed E-state index contributed by atoms with van der Waals surface area (Å²) in [5.74, 6) is -1.31. The molecule has 2 aromatic rings. The van der Waals surface area contributed by atoms with E-state index in [1.165, 1.54) is 30.3 Å². The van der Waals surface area contributed by atoms with Gasteiger partial charge < -0.3 is 15.3 Å². The van der Waals surface area contributed by atoms with E-state index < -0.39 is 5.91 Å². The molecule has 1 aliphatic heterocycles. The Labute approximate surface area is 150 Å². The Morgan fingerprint density at radius 1 is 1.31 bits per heavy atom. The maximum atomic E-state index is 13.6. The van der Waals surface area contributed by atoms with Crippen molar-refractivity contribution in [1.29, 1.82) is 0 Å². The fourth-order valence-corrected chi connectivity index (χ4v) is 3.20. The summed E-state index contributed by atoms with van der Waals surface area (Å²) in [5, 5.41) is 12.7. The van der Waals surface area contributed by atoms with Gasteiger partial charge in [0.15, 0.2) is 0 Å². The van der Waals surface area contributed by atoms with Crippen LogP contribution in [0.25, 0.3) is 0 Å². The summed E-state index contributed by atoms with van der Waals surface area (Å²) in [7, 11) is 0. The van der Waals surface area contributed by atoms with Crippen LogP contribution in [0.3, 0.4) is 0 Å². The fraction of sp³-hybridized carbons (Fsp3) is 0.200. The number of aromatic hydroxyl groups is 1. The predicted octanol–water partition coefficient (Wildman–Crippen LogP) is 3.42. The highest BCUT2D eigenvalue weighted by atomic mass is 19.1. The van der Waals surface area contributed by atoms with Crippen molar-refractivity contribution >= 4 is 17.5 Å². The van der Waals surface area contributed by atoms with Crippen molar-refractivity contribution in [3.63, 3.8) is 0 Å². The fourth-order valence-electron chi connectivity index (χ4n) is 3.20. The minimum absolute atomic E-state index is 0.0820. The SMILES string of the molecule is C=CC(=O)Nc1ccc(O)c(C(=O)N2CCc3ccc(F)cc3C2C)c1. The van der Waals surface area contributed by atoms with Crippen LogP contribution in [0, 0.1) is 5.82 Å². The molecule has 134 valence electrons. The normalized spacial score (nSPS) is 15.9. The first kappa shape index (κ1) is 17.7. The Hall–Kier alpha value is -3.15. The van der Waals surface area contributed by atoms with Gasteiger partial charge in [-0.1, -0.05) is 12.6 Å². The number of hydrogen-bond donors (Lipinski definition) is 2. The molecule has 2 amide bonds. The molecule has 0 saturated carbocycles. The van der Waals surface area contributed by atoms with Crippen LogP contribution in [0.2, 0.25) is 0 Å². The van der Waals surface area contributed by atoms with Crippen molar-refractivity contribution in [3.8, 4) is 5.75 Å². The van der Waals surface area contributed by atoms with E-state index >= 15 is 0 Å². The molecular weight excluding hydrogens is 335 g/mol. The summed E-state index contributed by atoms with van der Waals surface area (Å²) in [6, 6.07) is 8.55. The van der Waals surface area contributed by atoms with Gasteiger partial charge in [-0.05, 0) is 60.9 Å². The summed E-state index contributed by atoms with van der Waals surface area (Å²) in [6.07, 6.45) is 1.73. The Kier molecular flexibility index (Phi) is 4.75. The second-order valence-electron chi connectivity index (χ2n) is 6.19. The third-order valence-corrected chi connectivity index (χ3v) is 4.59. The number of amides is 2. The number of benzene rings is 2. The number of nitrogens with zero attached hydrogens (tertiary/aromatic N) is 1. The van der Waals surface area contributed by atoms with Crippen LogP contribution in [0.1, 0.15) is 34.5 Å². The van der Waals surface area contributed by atoms with Crippen LogP contribution >= 0.6 is 0 Å². The first-order chi connectivity index (χ1) is 12.4. The van der Waals surface area contributed by atoms with E-state index in [2.05, 4.69) is 11.9 Å². The van der Waals surface area contributed by atoms with E-state index in [1.807, 2.05) is 6.92 Å². The number of carbonyl (C=O) groups excluding carboxylic acids is 2. The molecule has 0 radical (unpaired) electrons. The molecule has 0 spiro atoms. The molecule has 26 heavy (non-hydrogen) atoms. The summed E-state index contributed by atoms with van der Waals surface area (Å²) < 4.78 is 13.6. The van der Waals surface area contributed by atoms with Crippen LogP contribution in [0.15, 0.2) is 49.1 Å². The van der Waals surface area contributed by atoms with Crippen molar-refractivity contribution in [3.05, 3.63) is 71.6 Å². The first-order valence-electron chi connectivity index (χ1n) is 8.26. The van der Waals surface area contributed by atoms with Gasteiger partial charge in [0.05, 0.1) is 11.6 Å². The Bertz CT molecular complexity index is 895. The molecule has 3 rings (SSSR count). The number of phenolic OH excluding ortho intramolecular Hbond substituents is 1. The third-order valence-electron chi connectivity index (χ3n) is 4.59. The van der Waals surface area contributed by atoms with Crippen molar-refractivity contribution in [2.45, 2.75) is 19.4 Å². The van der Waals surface area contributed by atoms with Crippen molar-refractivity contribution < 1.29 is 19.1 Å². The summed E-state index contributed by atoms with van der Waals surface area (Å²) in [5.41, 5.74) is 2.24. The number of hydrogen-bond acceptors (Lipinski definition) is 3. The number of fused-ring (bicyclic) bond motifs is 1. The third kappa shape index (κ3) is 3.31. The second kappa shape index (κ2) is 7.00. The van der Waals surface area contributed by atoms with Gasteiger partial charge in [0, 0.05) is 12.2 Å². The van der Waals surface area contributed by atoms with E-state index in [0.29, 0.717) is 18.7 Å². The predicted molar refractivity (Wildman–Crippen MR) is 96.5 cm³/mol. The molecule has 0 bridgehead atoms. The first-order valence-corrected chi connectivity index (χ1v) is 8.26. The van der Waals surface area contributed by atoms with Gasteiger partial charge in [-0.2, -0.15) is 0 Å². The zero-order valence-corrected chi connectivity index (χ0v) is 14.3. The Morgan fingerprint density at radius 3 is 2.81 bits per heavy atom. The molecule has 6 heteroatoms. The molecule has 1 aliphatic rings. The van der Waals surface area contributed by atoms with Gasteiger partial charge in [-0.15, -0.1) is 0 Å². The highest BCUT2D eigenvalue weighted by Gasteiger charge is 2.30. The molecule has 0 aromatic heterocycles. The molecule has 5 nitrogen and oxygen atoms in total. The molecule has 0 aliphatic carbocycles. The van der Waals surface area contributed by atoms with Crippen LogP contribution in [0.5, 0.6) is 5.75 Å². The van der Waals surface area contributed by atoms with E-state index in [1.54, 1.807) is 11.0 Å². The molecule has 0 fully saturated rings. The van der Waals surface area contributed by atoms with E-state index in [0.717, 1.165) is 17.2 Å². The molecule has 0 saturated heterocycles. The number of phenols is 1. The standard InChI is InChI=1S/C20H19FN2O3/c1-3-19(25)22-15-6-7-18(24)17(11-15)20(26)23-9-8-13-4-5-14(21)10-16(13)12(23)2/h3-7,10-12,24H,1,8-9H2,2H3,(H,22,25).